The predicted octanol–water partition coefficient (Wildman–Crippen LogP) is 3.91. The van der Waals surface area contributed by atoms with Gasteiger partial charge in [-0.15, -0.1) is 0 Å². The van der Waals surface area contributed by atoms with Crippen LogP contribution in [-0.4, -0.2) is 18.4 Å². The van der Waals surface area contributed by atoms with E-state index in [1.165, 1.54) is 11.8 Å². The van der Waals surface area contributed by atoms with Gasteiger partial charge in [0.2, 0.25) is 11.8 Å². The van der Waals surface area contributed by atoms with E-state index < -0.39 is 0 Å². The Bertz CT molecular complexity index is 758. The first-order valence-electron chi connectivity index (χ1n) is 8.00. The van der Waals surface area contributed by atoms with E-state index in [1.54, 1.807) is 0 Å². The van der Waals surface area contributed by atoms with Crippen LogP contribution in [0.3, 0.4) is 0 Å². The van der Waals surface area contributed by atoms with Gasteiger partial charge < -0.3 is 10.2 Å². The number of nitrogens with one attached hydrogen (secondary N) is 1. The quantitative estimate of drug-likeness (QED) is 0.927. The zero-order valence-corrected chi connectivity index (χ0v) is 14.9. The topological polar surface area (TPSA) is 49.4 Å². The second kappa shape index (κ2) is 7.30. The monoisotopic (exact) mass is 324 g/mol. The summed E-state index contributed by atoms with van der Waals surface area (Å²) in [6.07, 6.45) is 0. The van der Waals surface area contributed by atoms with Crippen LogP contribution in [0.5, 0.6) is 0 Å². The van der Waals surface area contributed by atoms with Gasteiger partial charge in [0.05, 0.1) is 5.69 Å². The molecule has 1 N–H and O–H groups in total. The molecule has 4 heteroatoms. The minimum atomic E-state index is -0.213. The zero-order valence-electron chi connectivity index (χ0n) is 14.9. The molecule has 0 unspecified atom stereocenters. The fourth-order valence-electron chi connectivity index (χ4n) is 3.01. The van der Waals surface area contributed by atoms with Crippen molar-refractivity contribution in [3.8, 4) is 0 Å². The van der Waals surface area contributed by atoms with Gasteiger partial charge in [-0.2, -0.15) is 0 Å². The highest BCUT2D eigenvalue weighted by Crippen LogP contribution is 2.26. The van der Waals surface area contributed by atoms with Crippen molar-refractivity contribution >= 4 is 23.2 Å². The Balaban J connectivity index is 2.23. The largest absolute Gasteiger partial charge is 0.325 e. The number of hydrogen-bond donors (Lipinski definition) is 1. The molecule has 126 valence electrons. The fraction of sp³-hybridized carbons (Fsp3) is 0.300. The summed E-state index contributed by atoms with van der Waals surface area (Å²) in [6, 6.07) is 11.6. The Morgan fingerprint density at radius 2 is 1.58 bits per heavy atom. The maximum Gasteiger partial charge on any atom is 0.244 e. The third-order valence-corrected chi connectivity index (χ3v) is 3.89. The first-order valence-corrected chi connectivity index (χ1v) is 8.00. The van der Waals surface area contributed by atoms with Gasteiger partial charge >= 0.3 is 0 Å². The van der Waals surface area contributed by atoms with Crippen molar-refractivity contribution in [3.05, 3.63) is 58.7 Å². The molecule has 0 aliphatic carbocycles. The molecule has 4 nitrogen and oxygen atoms in total. The van der Waals surface area contributed by atoms with Crippen molar-refractivity contribution < 1.29 is 9.59 Å². The SMILES string of the molecule is CC(=O)N(CC(=O)Nc1cccc(C)c1)c1c(C)cc(C)cc1C. The lowest BCUT2D eigenvalue weighted by molar-refractivity contribution is -0.120. The molecular weight excluding hydrogens is 300 g/mol. The molecule has 0 heterocycles. The van der Waals surface area contributed by atoms with Crippen molar-refractivity contribution in [2.45, 2.75) is 34.6 Å². The molecule has 0 aliphatic rings. The second-order valence-corrected chi connectivity index (χ2v) is 6.27. The van der Waals surface area contributed by atoms with Crippen molar-refractivity contribution in [2.24, 2.45) is 0 Å². The van der Waals surface area contributed by atoms with E-state index in [0.29, 0.717) is 0 Å². The van der Waals surface area contributed by atoms with Crippen molar-refractivity contribution in [2.75, 3.05) is 16.8 Å². The first-order chi connectivity index (χ1) is 11.3. The minimum Gasteiger partial charge on any atom is -0.325 e. The number of rotatable bonds is 4. The summed E-state index contributed by atoms with van der Waals surface area (Å²) >= 11 is 0. The van der Waals surface area contributed by atoms with Crippen LogP contribution in [0.2, 0.25) is 0 Å². The summed E-state index contributed by atoms with van der Waals surface area (Å²) in [5.41, 5.74) is 5.74. The van der Waals surface area contributed by atoms with Crippen LogP contribution in [0, 0.1) is 27.7 Å². The molecule has 24 heavy (non-hydrogen) atoms. The van der Waals surface area contributed by atoms with Crippen LogP contribution in [-0.2, 0) is 9.59 Å². The number of hydrogen-bond acceptors (Lipinski definition) is 2. The van der Waals surface area contributed by atoms with E-state index in [-0.39, 0.29) is 18.4 Å². The highest BCUT2D eigenvalue weighted by Gasteiger charge is 2.19. The average molecular weight is 324 g/mol. The highest BCUT2D eigenvalue weighted by atomic mass is 16.2. The molecule has 0 aromatic heterocycles. The third-order valence-electron chi connectivity index (χ3n) is 3.89. The van der Waals surface area contributed by atoms with Crippen LogP contribution >= 0.6 is 0 Å². The number of benzene rings is 2. The van der Waals surface area contributed by atoms with Gasteiger partial charge in [0.25, 0.3) is 0 Å². The summed E-state index contributed by atoms with van der Waals surface area (Å²) in [5.74, 6) is -0.361. The number of anilines is 2. The normalized spacial score (nSPS) is 10.4. The molecule has 0 saturated heterocycles. The second-order valence-electron chi connectivity index (χ2n) is 6.27. The van der Waals surface area contributed by atoms with E-state index in [2.05, 4.69) is 5.32 Å². The summed E-state index contributed by atoms with van der Waals surface area (Å²) in [7, 11) is 0. The van der Waals surface area contributed by atoms with Gasteiger partial charge in [0.1, 0.15) is 6.54 Å². The molecule has 2 rings (SSSR count). The molecule has 0 spiro atoms. The van der Waals surface area contributed by atoms with Gasteiger partial charge in [-0.05, 0) is 56.5 Å². The van der Waals surface area contributed by atoms with Crippen LogP contribution < -0.4 is 10.2 Å². The first kappa shape index (κ1) is 17.7. The number of carbonyl (C=O) groups excluding carboxylic acids is 2. The average Bonchev–Trinajstić information content (AvgIpc) is 2.44. The smallest absolute Gasteiger partial charge is 0.244 e. The van der Waals surface area contributed by atoms with Gasteiger partial charge in [-0.1, -0.05) is 29.8 Å². The molecular formula is C20H24N2O2. The minimum absolute atomic E-state index is 0.00594. The van der Waals surface area contributed by atoms with Crippen LogP contribution in [0.1, 0.15) is 29.2 Å². The Kier molecular flexibility index (Phi) is 5.39. The van der Waals surface area contributed by atoms with Gasteiger partial charge in [-0.25, -0.2) is 0 Å². The molecule has 2 aromatic rings. The van der Waals surface area contributed by atoms with E-state index in [1.807, 2.05) is 64.1 Å². The number of carbonyl (C=O) groups is 2. The van der Waals surface area contributed by atoms with E-state index in [0.717, 1.165) is 33.6 Å². The Labute approximate surface area is 143 Å². The maximum atomic E-state index is 12.4. The maximum absolute atomic E-state index is 12.4. The molecule has 0 atom stereocenters. The van der Waals surface area contributed by atoms with Crippen molar-refractivity contribution in [1.29, 1.82) is 0 Å². The van der Waals surface area contributed by atoms with Gasteiger partial charge in [-0.3, -0.25) is 9.59 Å². The van der Waals surface area contributed by atoms with Crippen molar-refractivity contribution in [3.63, 3.8) is 0 Å². The standard InChI is InChI=1S/C20H24N2O2/c1-13-7-6-8-18(11-13)21-19(24)12-22(17(5)23)20-15(3)9-14(2)10-16(20)4/h6-11H,12H2,1-5H3,(H,21,24). The molecule has 2 amide bonds. The Hall–Kier alpha value is -2.62. The number of nitrogens with zero attached hydrogens (tertiary/aromatic N) is 1. The molecule has 0 aliphatic heterocycles. The van der Waals surface area contributed by atoms with Gasteiger partial charge in [0, 0.05) is 12.6 Å². The highest BCUT2D eigenvalue weighted by molar-refractivity contribution is 6.02. The zero-order chi connectivity index (χ0) is 17.9. The molecule has 2 aromatic carbocycles. The van der Waals surface area contributed by atoms with Gasteiger partial charge in [0.15, 0.2) is 0 Å². The van der Waals surface area contributed by atoms with E-state index in [4.69, 9.17) is 0 Å². The summed E-state index contributed by atoms with van der Waals surface area (Å²) in [6.45, 7) is 9.39. The van der Waals surface area contributed by atoms with Crippen LogP contribution in [0.4, 0.5) is 11.4 Å². The molecule has 0 fully saturated rings. The summed E-state index contributed by atoms with van der Waals surface area (Å²) < 4.78 is 0. The lowest BCUT2D eigenvalue weighted by Crippen LogP contribution is -2.37. The number of aryl methyl sites for hydroxylation is 4. The van der Waals surface area contributed by atoms with Crippen LogP contribution in [0.25, 0.3) is 0 Å². The lowest BCUT2D eigenvalue weighted by Gasteiger charge is -2.25. The van der Waals surface area contributed by atoms with E-state index in [9.17, 15) is 9.59 Å². The van der Waals surface area contributed by atoms with Crippen LogP contribution in [0.15, 0.2) is 36.4 Å². The Morgan fingerprint density at radius 1 is 0.958 bits per heavy atom. The van der Waals surface area contributed by atoms with Crippen molar-refractivity contribution in [1.82, 2.24) is 0 Å². The lowest BCUT2D eigenvalue weighted by atomic mass is 10.0. The fourth-order valence-corrected chi connectivity index (χ4v) is 3.01. The van der Waals surface area contributed by atoms with E-state index >= 15 is 0 Å². The molecule has 0 radical (unpaired) electrons. The molecule has 0 saturated carbocycles. The molecule has 0 bridgehead atoms. The predicted molar refractivity (Wildman–Crippen MR) is 98.5 cm³/mol. The summed E-state index contributed by atoms with van der Waals surface area (Å²) in [4.78, 5) is 26.1. The summed E-state index contributed by atoms with van der Waals surface area (Å²) in [5, 5.41) is 2.86. The number of amides is 2. The third kappa shape index (κ3) is 4.22. The Morgan fingerprint density at radius 3 is 2.12 bits per heavy atom.